The van der Waals surface area contributed by atoms with E-state index in [1.807, 2.05) is 24.3 Å². The van der Waals surface area contributed by atoms with E-state index in [0.717, 1.165) is 15.0 Å². The first kappa shape index (κ1) is 11.6. The van der Waals surface area contributed by atoms with Crippen LogP contribution in [0.3, 0.4) is 0 Å². The topological polar surface area (TPSA) is 87.2 Å². The number of carboxylic acids is 1. The fourth-order valence-electron chi connectivity index (χ4n) is 1.62. The molecule has 17 heavy (non-hydrogen) atoms. The summed E-state index contributed by atoms with van der Waals surface area (Å²) in [5.41, 5.74) is 6.11. The predicted molar refractivity (Wildman–Crippen MR) is 68.8 cm³/mol. The number of hydrogen-bond acceptors (Lipinski definition) is 3. The maximum Gasteiger partial charge on any atom is 0.303 e. The summed E-state index contributed by atoms with van der Waals surface area (Å²) >= 11 is 1.59. The average molecular weight is 248 g/mol. The van der Waals surface area contributed by atoms with Gasteiger partial charge in [0, 0.05) is 15.1 Å². The van der Waals surface area contributed by atoms with Crippen LogP contribution in [-0.4, -0.2) is 16.9 Å². The standard InChI is InChI=1S/C12H12N2O2S/c13-12(14)7-1-3-10-8(5-7)6-9(17-10)2-4-11(15)16/h1,3,5-6H,2,4H2,(H3,13,14)(H,15,16). The van der Waals surface area contributed by atoms with Gasteiger partial charge in [-0.25, -0.2) is 0 Å². The van der Waals surface area contributed by atoms with Crippen LogP contribution in [0.25, 0.3) is 10.1 Å². The average Bonchev–Trinajstić information content (AvgIpc) is 2.67. The Hall–Kier alpha value is -1.88. The molecule has 0 fully saturated rings. The molecule has 0 radical (unpaired) electrons. The quantitative estimate of drug-likeness (QED) is 0.572. The van der Waals surface area contributed by atoms with Crippen molar-refractivity contribution in [3.05, 3.63) is 34.7 Å². The highest BCUT2D eigenvalue weighted by Crippen LogP contribution is 2.27. The van der Waals surface area contributed by atoms with Crippen LogP contribution in [0.2, 0.25) is 0 Å². The number of carboxylic acid groups (broad SMARTS) is 1. The van der Waals surface area contributed by atoms with Crippen molar-refractivity contribution in [2.24, 2.45) is 5.73 Å². The van der Waals surface area contributed by atoms with E-state index in [0.29, 0.717) is 12.0 Å². The molecule has 1 heterocycles. The molecule has 0 aliphatic heterocycles. The number of nitrogens with two attached hydrogens (primary N) is 1. The van der Waals surface area contributed by atoms with Crippen molar-refractivity contribution in [1.29, 1.82) is 5.41 Å². The second kappa shape index (κ2) is 4.55. The molecule has 0 saturated carbocycles. The molecule has 0 unspecified atom stereocenters. The van der Waals surface area contributed by atoms with E-state index < -0.39 is 5.97 Å². The summed E-state index contributed by atoms with van der Waals surface area (Å²) in [6, 6.07) is 7.55. The molecule has 0 saturated heterocycles. The fourth-order valence-corrected chi connectivity index (χ4v) is 2.66. The van der Waals surface area contributed by atoms with Gasteiger partial charge in [0.25, 0.3) is 0 Å². The molecule has 88 valence electrons. The fraction of sp³-hybridized carbons (Fsp3) is 0.167. The van der Waals surface area contributed by atoms with Gasteiger partial charge in [0.2, 0.25) is 0 Å². The van der Waals surface area contributed by atoms with Gasteiger partial charge in [0.05, 0.1) is 6.42 Å². The molecule has 0 aliphatic rings. The summed E-state index contributed by atoms with van der Waals surface area (Å²) in [6.45, 7) is 0. The van der Waals surface area contributed by atoms with Crippen LogP contribution in [0.4, 0.5) is 0 Å². The summed E-state index contributed by atoms with van der Waals surface area (Å²) in [5, 5.41) is 17.0. The Morgan fingerprint density at radius 2 is 2.18 bits per heavy atom. The molecule has 0 bridgehead atoms. The maximum atomic E-state index is 10.5. The lowest BCUT2D eigenvalue weighted by atomic mass is 10.1. The Bertz CT molecular complexity index is 589. The largest absolute Gasteiger partial charge is 0.481 e. The van der Waals surface area contributed by atoms with Crippen LogP contribution in [0.15, 0.2) is 24.3 Å². The Balaban J connectivity index is 2.30. The number of nitrogen functional groups attached to an aromatic ring is 1. The minimum Gasteiger partial charge on any atom is -0.481 e. The van der Waals surface area contributed by atoms with Crippen molar-refractivity contribution < 1.29 is 9.90 Å². The normalized spacial score (nSPS) is 10.6. The zero-order valence-electron chi connectivity index (χ0n) is 9.06. The molecule has 1 aromatic carbocycles. The van der Waals surface area contributed by atoms with E-state index in [9.17, 15) is 4.79 Å². The molecular formula is C12H12N2O2S. The third-order valence-electron chi connectivity index (χ3n) is 2.46. The van der Waals surface area contributed by atoms with Gasteiger partial charge in [-0.2, -0.15) is 0 Å². The van der Waals surface area contributed by atoms with Gasteiger partial charge in [-0.3, -0.25) is 10.2 Å². The number of hydrogen-bond donors (Lipinski definition) is 3. The summed E-state index contributed by atoms with van der Waals surface area (Å²) < 4.78 is 1.09. The number of amidine groups is 1. The molecule has 0 spiro atoms. The van der Waals surface area contributed by atoms with E-state index >= 15 is 0 Å². The number of fused-ring (bicyclic) bond motifs is 1. The SMILES string of the molecule is N=C(N)c1ccc2sc(CCC(=O)O)cc2c1. The molecule has 2 aromatic rings. The van der Waals surface area contributed by atoms with Crippen molar-refractivity contribution >= 4 is 33.2 Å². The lowest BCUT2D eigenvalue weighted by Crippen LogP contribution is -2.10. The Morgan fingerprint density at radius 3 is 2.82 bits per heavy atom. The molecule has 1 aromatic heterocycles. The molecule has 2 rings (SSSR count). The number of aryl methyl sites for hydroxylation is 1. The van der Waals surface area contributed by atoms with Crippen molar-refractivity contribution in [1.82, 2.24) is 0 Å². The van der Waals surface area contributed by atoms with Crippen LogP contribution in [0.5, 0.6) is 0 Å². The second-order valence-electron chi connectivity index (χ2n) is 3.77. The number of rotatable bonds is 4. The van der Waals surface area contributed by atoms with E-state index in [4.69, 9.17) is 16.2 Å². The highest BCUT2D eigenvalue weighted by atomic mass is 32.1. The number of carbonyl (C=O) groups is 1. The Labute approximate surface area is 102 Å². The van der Waals surface area contributed by atoms with Gasteiger partial charge in [0.15, 0.2) is 0 Å². The molecular weight excluding hydrogens is 236 g/mol. The monoisotopic (exact) mass is 248 g/mol. The van der Waals surface area contributed by atoms with Gasteiger partial charge in [-0.05, 0) is 36.1 Å². The molecule has 0 atom stereocenters. The zero-order chi connectivity index (χ0) is 12.4. The third kappa shape index (κ3) is 2.62. The summed E-state index contributed by atoms with van der Waals surface area (Å²) in [6.07, 6.45) is 0.691. The molecule has 5 heteroatoms. The van der Waals surface area contributed by atoms with Crippen LogP contribution in [0, 0.1) is 5.41 Å². The number of nitrogens with one attached hydrogen (secondary N) is 1. The second-order valence-corrected chi connectivity index (χ2v) is 4.94. The van der Waals surface area contributed by atoms with Gasteiger partial charge in [-0.15, -0.1) is 11.3 Å². The minimum atomic E-state index is -0.785. The van der Waals surface area contributed by atoms with E-state index in [1.165, 1.54) is 0 Å². The van der Waals surface area contributed by atoms with Crippen molar-refractivity contribution in [2.75, 3.05) is 0 Å². The van der Waals surface area contributed by atoms with E-state index in [-0.39, 0.29) is 12.3 Å². The van der Waals surface area contributed by atoms with Crippen LogP contribution < -0.4 is 5.73 Å². The third-order valence-corrected chi connectivity index (χ3v) is 3.64. The molecule has 0 aliphatic carbocycles. The molecule has 4 nitrogen and oxygen atoms in total. The number of benzene rings is 1. The summed E-state index contributed by atoms with van der Waals surface area (Å²) in [7, 11) is 0. The summed E-state index contributed by atoms with van der Waals surface area (Å²) in [4.78, 5) is 11.5. The lowest BCUT2D eigenvalue weighted by molar-refractivity contribution is -0.136. The van der Waals surface area contributed by atoms with Crippen LogP contribution in [0.1, 0.15) is 16.9 Å². The van der Waals surface area contributed by atoms with Gasteiger partial charge in [0.1, 0.15) is 5.84 Å². The van der Waals surface area contributed by atoms with Gasteiger partial charge < -0.3 is 10.8 Å². The first-order chi connectivity index (χ1) is 8.06. The number of thiophene rings is 1. The molecule has 4 N–H and O–H groups in total. The zero-order valence-corrected chi connectivity index (χ0v) is 9.88. The Morgan fingerprint density at radius 1 is 1.41 bits per heavy atom. The highest BCUT2D eigenvalue weighted by molar-refractivity contribution is 7.19. The Kier molecular flexibility index (Phi) is 3.10. The van der Waals surface area contributed by atoms with Crippen molar-refractivity contribution in [3.8, 4) is 0 Å². The van der Waals surface area contributed by atoms with Crippen LogP contribution in [-0.2, 0) is 11.2 Å². The summed E-state index contributed by atoms with van der Waals surface area (Å²) in [5.74, 6) is -0.739. The molecule has 0 amide bonds. The lowest BCUT2D eigenvalue weighted by Gasteiger charge is -1.96. The maximum absolute atomic E-state index is 10.5. The minimum absolute atomic E-state index is 0.0465. The van der Waals surface area contributed by atoms with Crippen LogP contribution >= 0.6 is 11.3 Å². The predicted octanol–water partition coefficient (Wildman–Crippen LogP) is 2.20. The smallest absolute Gasteiger partial charge is 0.303 e. The van der Waals surface area contributed by atoms with Crippen molar-refractivity contribution in [3.63, 3.8) is 0 Å². The number of aliphatic carboxylic acids is 1. The van der Waals surface area contributed by atoms with Crippen molar-refractivity contribution in [2.45, 2.75) is 12.8 Å². The van der Waals surface area contributed by atoms with Gasteiger partial charge in [-0.1, -0.05) is 0 Å². The first-order valence-corrected chi connectivity index (χ1v) is 5.96. The van der Waals surface area contributed by atoms with E-state index in [1.54, 1.807) is 11.3 Å². The first-order valence-electron chi connectivity index (χ1n) is 5.15. The van der Waals surface area contributed by atoms with Gasteiger partial charge >= 0.3 is 5.97 Å². The van der Waals surface area contributed by atoms with E-state index in [2.05, 4.69) is 0 Å². The highest BCUT2D eigenvalue weighted by Gasteiger charge is 2.06.